The molecule has 3 heteroatoms. The molecule has 0 aromatic heterocycles. The van der Waals surface area contributed by atoms with E-state index in [-0.39, 0.29) is 5.41 Å². The lowest BCUT2D eigenvalue weighted by Gasteiger charge is -2.40. The van der Waals surface area contributed by atoms with Crippen molar-refractivity contribution in [3.8, 4) is 0 Å². The molecular weight excluding hydrogens is 266 g/mol. The minimum atomic E-state index is 0.173. The van der Waals surface area contributed by atoms with Gasteiger partial charge in [0.05, 0.1) is 0 Å². The zero-order valence-electron chi connectivity index (χ0n) is 9.38. The van der Waals surface area contributed by atoms with Gasteiger partial charge in [0.2, 0.25) is 0 Å². The fourth-order valence-corrected chi connectivity index (χ4v) is 2.63. The monoisotopic (exact) mass is 283 g/mol. The molecule has 0 bridgehead atoms. The van der Waals surface area contributed by atoms with Gasteiger partial charge in [-0.2, -0.15) is 0 Å². The number of nitrogens with one attached hydrogen (secondary N) is 1. The van der Waals surface area contributed by atoms with Crippen molar-refractivity contribution >= 4 is 15.9 Å². The maximum absolute atomic E-state index is 9.33. The molecule has 0 unspecified atom stereocenters. The highest BCUT2D eigenvalue weighted by Gasteiger charge is 2.35. The lowest BCUT2D eigenvalue weighted by molar-refractivity contribution is 0.0445. The van der Waals surface area contributed by atoms with Crippen LogP contribution in [0.1, 0.15) is 24.8 Å². The summed E-state index contributed by atoms with van der Waals surface area (Å²) in [5, 5.41) is 12.8. The van der Waals surface area contributed by atoms with Crippen molar-refractivity contribution in [2.24, 2.45) is 5.41 Å². The summed E-state index contributed by atoms with van der Waals surface area (Å²) >= 11 is 3.46. The second-order valence-corrected chi connectivity index (χ2v) is 5.66. The molecule has 2 N–H and O–H groups in total. The fourth-order valence-electron chi connectivity index (χ4n) is 2.19. The van der Waals surface area contributed by atoms with Crippen molar-refractivity contribution < 1.29 is 5.11 Å². The van der Waals surface area contributed by atoms with E-state index in [0.29, 0.717) is 6.61 Å². The summed E-state index contributed by atoms with van der Waals surface area (Å²) in [6.45, 7) is 2.12. The van der Waals surface area contributed by atoms with E-state index < -0.39 is 0 Å². The standard InChI is InChI=1S/C13H18BrNO/c14-12-4-1-3-11(7-12)8-15-9-13(10-16)5-2-6-13/h1,3-4,7,15-16H,2,5-6,8-10H2. The maximum atomic E-state index is 9.33. The molecule has 0 amide bonds. The molecule has 1 aliphatic carbocycles. The van der Waals surface area contributed by atoms with E-state index >= 15 is 0 Å². The number of hydrogen-bond donors (Lipinski definition) is 2. The van der Waals surface area contributed by atoms with Gasteiger partial charge in [0, 0.05) is 29.6 Å². The summed E-state index contributed by atoms with van der Waals surface area (Å²) in [5.41, 5.74) is 1.45. The minimum absolute atomic E-state index is 0.173. The van der Waals surface area contributed by atoms with Gasteiger partial charge >= 0.3 is 0 Å². The highest BCUT2D eigenvalue weighted by Crippen LogP contribution is 2.39. The Morgan fingerprint density at radius 1 is 1.38 bits per heavy atom. The Hall–Kier alpha value is -0.380. The van der Waals surface area contributed by atoms with E-state index in [2.05, 4.69) is 33.4 Å². The van der Waals surface area contributed by atoms with Crippen LogP contribution in [-0.2, 0) is 6.54 Å². The fraction of sp³-hybridized carbons (Fsp3) is 0.538. The lowest BCUT2D eigenvalue weighted by Crippen LogP contribution is -2.42. The van der Waals surface area contributed by atoms with Crippen molar-refractivity contribution in [3.05, 3.63) is 34.3 Å². The molecule has 1 fully saturated rings. The van der Waals surface area contributed by atoms with Crippen molar-refractivity contribution in [2.75, 3.05) is 13.2 Å². The van der Waals surface area contributed by atoms with Gasteiger partial charge in [0.15, 0.2) is 0 Å². The summed E-state index contributed by atoms with van der Waals surface area (Å²) in [7, 11) is 0. The van der Waals surface area contributed by atoms with Crippen LogP contribution in [0.3, 0.4) is 0 Å². The third-order valence-electron chi connectivity index (χ3n) is 3.47. The molecule has 1 aromatic carbocycles. The molecule has 0 atom stereocenters. The first-order valence-electron chi connectivity index (χ1n) is 5.80. The van der Waals surface area contributed by atoms with Gasteiger partial charge in [0.25, 0.3) is 0 Å². The van der Waals surface area contributed by atoms with Crippen LogP contribution in [0.4, 0.5) is 0 Å². The summed E-state index contributed by atoms with van der Waals surface area (Å²) in [5.74, 6) is 0. The minimum Gasteiger partial charge on any atom is -0.396 e. The summed E-state index contributed by atoms with van der Waals surface area (Å²) in [6, 6.07) is 8.32. The van der Waals surface area contributed by atoms with Crippen molar-refractivity contribution in [3.63, 3.8) is 0 Å². The normalized spacial score (nSPS) is 18.1. The molecule has 0 spiro atoms. The second-order valence-electron chi connectivity index (χ2n) is 4.75. The molecule has 2 nitrogen and oxygen atoms in total. The molecule has 2 rings (SSSR count). The maximum Gasteiger partial charge on any atom is 0.0499 e. The Labute approximate surface area is 105 Å². The van der Waals surface area contributed by atoms with E-state index in [1.54, 1.807) is 0 Å². The molecule has 88 valence electrons. The smallest absolute Gasteiger partial charge is 0.0499 e. The van der Waals surface area contributed by atoms with E-state index in [4.69, 9.17) is 0 Å². The Bertz CT molecular complexity index is 344. The van der Waals surface area contributed by atoms with Crippen LogP contribution in [-0.4, -0.2) is 18.3 Å². The predicted octanol–water partition coefficient (Wildman–Crippen LogP) is 2.70. The molecule has 0 saturated heterocycles. The largest absolute Gasteiger partial charge is 0.396 e. The molecule has 1 aliphatic rings. The molecule has 0 radical (unpaired) electrons. The molecule has 1 saturated carbocycles. The number of aliphatic hydroxyl groups excluding tert-OH is 1. The van der Waals surface area contributed by atoms with Gasteiger partial charge in [-0.05, 0) is 30.5 Å². The van der Waals surface area contributed by atoms with E-state index in [9.17, 15) is 5.11 Å². The van der Waals surface area contributed by atoms with Gasteiger partial charge in [-0.1, -0.05) is 34.5 Å². The van der Waals surface area contributed by atoms with Gasteiger partial charge in [0.1, 0.15) is 0 Å². The Kier molecular flexibility index (Phi) is 4.00. The number of benzene rings is 1. The Morgan fingerprint density at radius 3 is 2.75 bits per heavy atom. The lowest BCUT2D eigenvalue weighted by atomic mass is 9.69. The first-order valence-corrected chi connectivity index (χ1v) is 6.59. The average molecular weight is 284 g/mol. The quantitative estimate of drug-likeness (QED) is 0.871. The van der Waals surface area contributed by atoms with Crippen LogP contribution in [0.25, 0.3) is 0 Å². The zero-order valence-corrected chi connectivity index (χ0v) is 11.0. The third kappa shape index (κ3) is 2.84. The van der Waals surface area contributed by atoms with Crippen LogP contribution in [0.5, 0.6) is 0 Å². The van der Waals surface area contributed by atoms with E-state index in [0.717, 1.165) is 30.4 Å². The van der Waals surface area contributed by atoms with Gasteiger partial charge in [-0.15, -0.1) is 0 Å². The van der Waals surface area contributed by atoms with Crippen molar-refractivity contribution in [1.29, 1.82) is 0 Å². The highest BCUT2D eigenvalue weighted by atomic mass is 79.9. The average Bonchev–Trinajstić information content (AvgIpc) is 2.22. The predicted molar refractivity (Wildman–Crippen MR) is 69.2 cm³/mol. The van der Waals surface area contributed by atoms with Crippen LogP contribution in [0.15, 0.2) is 28.7 Å². The number of rotatable bonds is 5. The van der Waals surface area contributed by atoms with Gasteiger partial charge in [-0.25, -0.2) is 0 Å². The molecule has 16 heavy (non-hydrogen) atoms. The molecule has 1 aromatic rings. The van der Waals surface area contributed by atoms with Gasteiger partial charge < -0.3 is 10.4 Å². The topological polar surface area (TPSA) is 32.3 Å². The van der Waals surface area contributed by atoms with E-state index in [1.165, 1.54) is 12.0 Å². The number of aliphatic hydroxyl groups is 1. The zero-order chi connectivity index (χ0) is 11.4. The van der Waals surface area contributed by atoms with Gasteiger partial charge in [-0.3, -0.25) is 0 Å². The van der Waals surface area contributed by atoms with Crippen LogP contribution in [0.2, 0.25) is 0 Å². The number of hydrogen-bond acceptors (Lipinski definition) is 2. The molecular formula is C13H18BrNO. The Balaban J connectivity index is 1.79. The molecule has 0 aliphatic heterocycles. The van der Waals surface area contributed by atoms with E-state index in [1.807, 2.05) is 12.1 Å². The Morgan fingerprint density at radius 2 is 2.19 bits per heavy atom. The van der Waals surface area contributed by atoms with Crippen LogP contribution in [0, 0.1) is 5.41 Å². The third-order valence-corrected chi connectivity index (χ3v) is 3.96. The first kappa shape index (κ1) is 12.1. The van der Waals surface area contributed by atoms with Crippen LogP contribution < -0.4 is 5.32 Å². The summed E-state index contributed by atoms with van der Waals surface area (Å²) in [4.78, 5) is 0. The first-order chi connectivity index (χ1) is 7.74. The SMILES string of the molecule is OCC1(CNCc2cccc(Br)c2)CCC1. The van der Waals surface area contributed by atoms with Crippen LogP contribution >= 0.6 is 15.9 Å². The number of halogens is 1. The molecule has 0 heterocycles. The highest BCUT2D eigenvalue weighted by molar-refractivity contribution is 9.10. The summed E-state index contributed by atoms with van der Waals surface area (Å²) < 4.78 is 1.12. The van der Waals surface area contributed by atoms with Crippen molar-refractivity contribution in [1.82, 2.24) is 5.32 Å². The summed E-state index contributed by atoms with van der Waals surface area (Å²) in [6.07, 6.45) is 3.59. The second kappa shape index (κ2) is 5.30. The van der Waals surface area contributed by atoms with Crippen molar-refractivity contribution in [2.45, 2.75) is 25.8 Å².